The topological polar surface area (TPSA) is 81.5 Å². The van der Waals surface area contributed by atoms with Crippen molar-refractivity contribution in [2.24, 2.45) is 0 Å². The minimum absolute atomic E-state index is 0.245. The lowest BCUT2D eigenvalue weighted by atomic mass is 10.2. The number of likely N-dealkylation sites (N-methyl/N-ethyl adjacent to an activating group) is 1. The first-order chi connectivity index (χ1) is 10.3. The molecule has 0 saturated carbocycles. The number of anilines is 1. The van der Waals surface area contributed by atoms with Gasteiger partial charge in [-0.2, -0.15) is 5.26 Å². The maximum absolute atomic E-state index is 12.2. The number of hydrogen-bond acceptors (Lipinski definition) is 4. The number of sulfonamides is 1. The highest BCUT2D eigenvalue weighted by Gasteiger charge is 2.22. The van der Waals surface area contributed by atoms with Crippen LogP contribution in [0.3, 0.4) is 0 Å². The van der Waals surface area contributed by atoms with E-state index in [1.165, 1.54) is 29.2 Å². The van der Waals surface area contributed by atoms with Gasteiger partial charge in [0.15, 0.2) is 0 Å². The average Bonchev–Trinajstić information content (AvgIpc) is 2.49. The van der Waals surface area contributed by atoms with Crippen LogP contribution in [0.4, 0.5) is 5.69 Å². The van der Waals surface area contributed by atoms with Crippen molar-refractivity contribution in [3.63, 3.8) is 0 Å². The van der Waals surface area contributed by atoms with Gasteiger partial charge >= 0.3 is 0 Å². The van der Waals surface area contributed by atoms with Gasteiger partial charge in [-0.1, -0.05) is 13.3 Å². The summed E-state index contributed by atoms with van der Waals surface area (Å²) in [7, 11) is -1.92. The molecule has 0 aliphatic rings. The summed E-state index contributed by atoms with van der Waals surface area (Å²) < 4.78 is 25.0. The third kappa shape index (κ3) is 5.04. The third-order valence-electron chi connectivity index (χ3n) is 3.24. The monoisotopic (exact) mass is 323 g/mol. The highest BCUT2D eigenvalue weighted by atomic mass is 32.2. The summed E-state index contributed by atoms with van der Waals surface area (Å²) in [5, 5.41) is 8.78. The summed E-state index contributed by atoms with van der Waals surface area (Å²) in [5.74, 6) is -0.261. The fourth-order valence-corrected chi connectivity index (χ4v) is 2.72. The summed E-state index contributed by atoms with van der Waals surface area (Å²) in [5.41, 5.74) is 0.808. The normalized spacial score (nSPS) is 10.8. The van der Waals surface area contributed by atoms with Crippen LogP contribution >= 0.6 is 0 Å². The highest BCUT2D eigenvalue weighted by Crippen LogP contribution is 2.18. The molecule has 0 N–H and O–H groups in total. The largest absolute Gasteiger partial charge is 0.344 e. The Morgan fingerprint density at radius 1 is 1.27 bits per heavy atom. The molecule has 1 aromatic carbocycles. The number of benzene rings is 1. The first-order valence-corrected chi connectivity index (χ1v) is 8.86. The van der Waals surface area contributed by atoms with Gasteiger partial charge in [0, 0.05) is 13.6 Å². The first kappa shape index (κ1) is 18.0. The third-order valence-corrected chi connectivity index (χ3v) is 4.38. The molecule has 0 aliphatic carbocycles. The molecule has 1 rings (SSSR count). The van der Waals surface area contributed by atoms with Crippen LogP contribution in [-0.4, -0.2) is 45.6 Å². The second-order valence-corrected chi connectivity index (χ2v) is 7.00. The zero-order valence-corrected chi connectivity index (χ0v) is 13.9. The van der Waals surface area contributed by atoms with Crippen LogP contribution in [0, 0.1) is 11.3 Å². The standard InChI is InChI=1S/C15H21N3O3S/c1-4-5-10-17(2)15(19)12-18(22(3,20)21)14-8-6-13(11-16)7-9-14/h6-9H,4-5,10,12H2,1-3H3. The molecule has 0 aliphatic heterocycles. The van der Waals surface area contributed by atoms with Gasteiger partial charge < -0.3 is 4.90 Å². The summed E-state index contributed by atoms with van der Waals surface area (Å²) in [4.78, 5) is 13.7. The molecule has 22 heavy (non-hydrogen) atoms. The SMILES string of the molecule is CCCCN(C)C(=O)CN(c1ccc(C#N)cc1)S(C)(=O)=O. The van der Waals surface area contributed by atoms with E-state index in [0.717, 1.165) is 23.4 Å². The van der Waals surface area contributed by atoms with Crippen molar-refractivity contribution >= 4 is 21.6 Å². The van der Waals surface area contributed by atoms with Gasteiger partial charge in [-0.3, -0.25) is 9.10 Å². The predicted molar refractivity (Wildman–Crippen MR) is 85.9 cm³/mol. The number of nitriles is 1. The van der Waals surface area contributed by atoms with E-state index in [-0.39, 0.29) is 12.5 Å². The summed E-state index contributed by atoms with van der Waals surface area (Å²) in [6.45, 7) is 2.38. The molecule has 0 saturated heterocycles. The predicted octanol–water partition coefficient (Wildman–Crippen LogP) is 1.58. The van der Waals surface area contributed by atoms with E-state index in [1.807, 2.05) is 13.0 Å². The molecule has 0 radical (unpaired) electrons. The fraction of sp³-hybridized carbons (Fsp3) is 0.467. The van der Waals surface area contributed by atoms with E-state index >= 15 is 0 Å². The molecular weight excluding hydrogens is 302 g/mol. The van der Waals surface area contributed by atoms with Crippen molar-refractivity contribution in [1.29, 1.82) is 5.26 Å². The van der Waals surface area contributed by atoms with E-state index in [1.54, 1.807) is 7.05 Å². The molecule has 0 atom stereocenters. The van der Waals surface area contributed by atoms with Crippen molar-refractivity contribution in [2.45, 2.75) is 19.8 Å². The zero-order valence-electron chi connectivity index (χ0n) is 13.1. The second-order valence-electron chi connectivity index (χ2n) is 5.10. The lowest BCUT2D eigenvalue weighted by Crippen LogP contribution is -2.41. The van der Waals surface area contributed by atoms with Crippen LogP contribution < -0.4 is 4.31 Å². The van der Waals surface area contributed by atoms with Crippen molar-refractivity contribution in [3.05, 3.63) is 29.8 Å². The van der Waals surface area contributed by atoms with Crippen LogP contribution in [0.5, 0.6) is 0 Å². The number of amides is 1. The van der Waals surface area contributed by atoms with Gasteiger partial charge in [-0.15, -0.1) is 0 Å². The Morgan fingerprint density at radius 3 is 2.32 bits per heavy atom. The second kappa shape index (κ2) is 7.80. The van der Waals surface area contributed by atoms with Crippen LogP contribution in [0.1, 0.15) is 25.3 Å². The Hall–Kier alpha value is -2.07. The minimum Gasteiger partial charge on any atom is -0.344 e. The molecule has 1 amide bonds. The van der Waals surface area contributed by atoms with Crippen LogP contribution in [0.15, 0.2) is 24.3 Å². The quantitative estimate of drug-likeness (QED) is 0.763. The molecule has 0 unspecified atom stereocenters. The van der Waals surface area contributed by atoms with E-state index < -0.39 is 10.0 Å². The van der Waals surface area contributed by atoms with Crippen molar-refractivity contribution in [2.75, 3.05) is 30.7 Å². The van der Waals surface area contributed by atoms with Crippen molar-refractivity contribution in [1.82, 2.24) is 4.90 Å². The summed E-state index contributed by atoms with van der Waals surface area (Å²) in [6.07, 6.45) is 2.89. The minimum atomic E-state index is -3.58. The van der Waals surface area contributed by atoms with Gasteiger partial charge in [0.05, 0.1) is 23.6 Å². The first-order valence-electron chi connectivity index (χ1n) is 7.01. The number of nitrogens with zero attached hydrogens (tertiary/aromatic N) is 3. The Kier molecular flexibility index (Phi) is 6.38. The molecular formula is C15H21N3O3S. The van der Waals surface area contributed by atoms with Gasteiger partial charge in [-0.05, 0) is 30.7 Å². The molecule has 0 bridgehead atoms. The number of hydrogen-bond donors (Lipinski definition) is 0. The molecule has 0 heterocycles. The molecule has 1 aromatic rings. The number of carbonyl (C=O) groups excluding carboxylic acids is 1. The van der Waals surface area contributed by atoms with Crippen molar-refractivity contribution < 1.29 is 13.2 Å². The Morgan fingerprint density at radius 2 is 1.86 bits per heavy atom. The van der Waals surface area contributed by atoms with E-state index in [0.29, 0.717) is 17.8 Å². The smallest absolute Gasteiger partial charge is 0.243 e. The lowest BCUT2D eigenvalue weighted by molar-refractivity contribution is -0.128. The number of carbonyl (C=O) groups is 1. The average molecular weight is 323 g/mol. The molecule has 120 valence electrons. The zero-order chi connectivity index (χ0) is 16.8. The highest BCUT2D eigenvalue weighted by molar-refractivity contribution is 7.92. The van der Waals surface area contributed by atoms with Crippen LogP contribution in [-0.2, 0) is 14.8 Å². The van der Waals surface area contributed by atoms with Crippen LogP contribution in [0.25, 0.3) is 0 Å². The van der Waals surface area contributed by atoms with Gasteiger partial charge in [0.1, 0.15) is 6.54 Å². The Balaban J connectivity index is 2.95. The maximum atomic E-state index is 12.2. The van der Waals surface area contributed by atoms with Crippen molar-refractivity contribution in [3.8, 4) is 6.07 Å². The summed E-state index contributed by atoms with van der Waals surface area (Å²) >= 11 is 0. The van der Waals surface area contributed by atoms with E-state index in [2.05, 4.69) is 0 Å². The Bertz CT molecular complexity index is 648. The fourth-order valence-electron chi connectivity index (χ4n) is 1.87. The van der Waals surface area contributed by atoms with E-state index in [9.17, 15) is 13.2 Å². The summed E-state index contributed by atoms with van der Waals surface area (Å²) in [6, 6.07) is 8.08. The van der Waals surface area contributed by atoms with Gasteiger partial charge in [0.2, 0.25) is 15.9 Å². The van der Waals surface area contributed by atoms with E-state index in [4.69, 9.17) is 5.26 Å². The number of rotatable bonds is 7. The Labute approximate surface area is 132 Å². The number of unbranched alkanes of at least 4 members (excludes halogenated alkanes) is 1. The van der Waals surface area contributed by atoms with Gasteiger partial charge in [-0.25, -0.2) is 8.42 Å². The molecule has 7 heteroatoms. The molecule has 0 spiro atoms. The molecule has 0 aromatic heterocycles. The van der Waals surface area contributed by atoms with Crippen LogP contribution in [0.2, 0.25) is 0 Å². The molecule has 6 nitrogen and oxygen atoms in total. The maximum Gasteiger partial charge on any atom is 0.243 e. The molecule has 0 fully saturated rings. The lowest BCUT2D eigenvalue weighted by Gasteiger charge is -2.25. The van der Waals surface area contributed by atoms with Gasteiger partial charge in [0.25, 0.3) is 0 Å².